The molecular formula is C25H27FN2O4S. The van der Waals surface area contributed by atoms with Crippen LogP contribution in [-0.4, -0.2) is 30.8 Å². The van der Waals surface area contributed by atoms with Crippen LogP contribution in [0.15, 0.2) is 52.1 Å². The smallest absolute Gasteiger partial charge is 0.339 e. The van der Waals surface area contributed by atoms with Gasteiger partial charge < -0.3 is 18.2 Å². The molecule has 0 aliphatic heterocycles. The Labute approximate surface area is 197 Å². The van der Waals surface area contributed by atoms with E-state index in [1.807, 2.05) is 23.4 Å². The van der Waals surface area contributed by atoms with Gasteiger partial charge >= 0.3 is 5.97 Å². The van der Waals surface area contributed by atoms with E-state index < -0.39 is 12.1 Å². The van der Waals surface area contributed by atoms with Gasteiger partial charge in [0.05, 0.1) is 30.6 Å². The topological polar surface area (TPSA) is 64.8 Å². The van der Waals surface area contributed by atoms with Gasteiger partial charge in [0, 0.05) is 18.1 Å². The fraction of sp³-hybridized carbons (Fsp3) is 0.360. The molecule has 3 aromatic rings. The lowest BCUT2D eigenvalue weighted by Gasteiger charge is -2.26. The van der Waals surface area contributed by atoms with Gasteiger partial charge in [-0.3, -0.25) is 4.98 Å². The third-order valence-corrected chi connectivity index (χ3v) is 6.36. The van der Waals surface area contributed by atoms with Crippen LogP contribution in [0.25, 0.3) is 0 Å². The van der Waals surface area contributed by atoms with Crippen molar-refractivity contribution in [3.63, 3.8) is 0 Å². The van der Waals surface area contributed by atoms with E-state index in [2.05, 4.69) is 17.1 Å². The fourth-order valence-electron chi connectivity index (χ4n) is 3.78. The van der Waals surface area contributed by atoms with Crippen LogP contribution in [0.5, 0.6) is 5.75 Å². The molecule has 0 saturated heterocycles. The number of benzene rings is 1. The van der Waals surface area contributed by atoms with Gasteiger partial charge in [-0.15, -0.1) is 0 Å². The average Bonchev–Trinajstić information content (AvgIpc) is 3.44. The minimum absolute atomic E-state index is 0.186. The molecule has 6 nitrogen and oxygen atoms in total. The molecule has 0 spiro atoms. The Hall–Kier alpha value is -3.00. The molecule has 1 unspecified atom stereocenters. The van der Waals surface area contributed by atoms with Crippen molar-refractivity contribution in [3.8, 4) is 5.75 Å². The Kier molecular flexibility index (Phi) is 7.23. The number of halogens is 1. The van der Waals surface area contributed by atoms with Crippen molar-refractivity contribution < 1.29 is 23.1 Å². The van der Waals surface area contributed by atoms with Crippen LogP contribution >= 0.6 is 11.9 Å². The van der Waals surface area contributed by atoms with Crippen molar-refractivity contribution in [2.75, 3.05) is 18.0 Å². The summed E-state index contributed by atoms with van der Waals surface area (Å²) in [6.45, 7) is 3.83. The van der Waals surface area contributed by atoms with Gasteiger partial charge in [0.2, 0.25) is 0 Å². The molecule has 0 radical (unpaired) electrons. The quantitative estimate of drug-likeness (QED) is 0.293. The van der Waals surface area contributed by atoms with Crippen molar-refractivity contribution in [2.24, 2.45) is 0 Å². The molecule has 0 amide bonds. The van der Waals surface area contributed by atoms with Crippen LogP contribution in [0.4, 0.5) is 10.1 Å². The molecule has 174 valence electrons. The molecule has 33 heavy (non-hydrogen) atoms. The third kappa shape index (κ3) is 5.68. The maximum atomic E-state index is 14.2. The number of alkyl halides is 1. The molecule has 4 rings (SSSR count). The molecule has 2 aromatic heterocycles. The molecule has 1 aromatic carbocycles. The number of esters is 1. The number of methoxy groups -OCH3 is 1. The maximum Gasteiger partial charge on any atom is 0.339 e. The third-order valence-electron chi connectivity index (χ3n) is 5.40. The van der Waals surface area contributed by atoms with E-state index in [-0.39, 0.29) is 13.2 Å². The molecule has 1 atom stereocenters. The summed E-state index contributed by atoms with van der Waals surface area (Å²) in [6, 6.07) is 11.3. The standard InChI is InChI=1S/C25H27FN2O4S/c1-16(26)14-28(33-24-10-7-17(2)32-24)22-11-18-5-4-6-19(18)12-23(22)31-15-21-9-8-20(13-27-21)25(29)30-3/h7-13,16H,4-6,14-15H2,1-3H3. The van der Waals surface area contributed by atoms with Crippen LogP contribution in [0.1, 0.15) is 46.3 Å². The highest BCUT2D eigenvalue weighted by atomic mass is 32.2. The van der Waals surface area contributed by atoms with Crippen LogP contribution in [-0.2, 0) is 24.2 Å². The molecular weight excluding hydrogens is 443 g/mol. The van der Waals surface area contributed by atoms with E-state index in [9.17, 15) is 9.18 Å². The number of ether oxygens (including phenoxy) is 2. The SMILES string of the molecule is COC(=O)c1ccc(COc2cc3c(cc2N(CC(C)F)Sc2ccc(C)o2)CCC3)nc1. The van der Waals surface area contributed by atoms with Gasteiger partial charge in [-0.1, -0.05) is 0 Å². The minimum atomic E-state index is -1.04. The summed E-state index contributed by atoms with van der Waals surface area (Å²) in [5.74, 6) is 1.04. The number of furan rings is 1. The van der Waals surface area contributed by atoms with Crippen molar-refractivity contribution in [3.05, 3.63) is 70.7 Å². The van der Waals surface area contributed by atoms with Gasteiger partial charge in [-0.2, -0.15) is 0 Å². The van der Waals surface area contributed by atoms with Crippen LogP contribution in [0.2, 0.25) is 0 Å². The average molecular weight is 471 g/mol. The number of hydrogen-bond donors (Lipinski definition) is 0. The molecule has 0 N–H and O–H groups in total. The molecule has 1 aliphatic carbocycles. The number of fused-ring (bicyclic) bond motifs is 1. The van der Waals surface area contributed by atoms with Gasteiger partial charge in [0.25, 0.3) is 0 Å². The fourth-order valence-corrected chi connectivity index (χ4v) is 4.82. The van der Waals surface area contributed by atoms with E-state index >= 15 is 0 Å². The van der Waals surface area contributed by atoms with Crippen molar-refractivity contribution >= 4 is 23.6 Å². The zero-order valence-electron chi connectivity index (χ0n) is 19.0. The Morgan fingerprint density at radius 1 is 1.24 bits per heavy atom. The van der Waals surface area contributed by atoms with Crippen LogP contribution in [0, 0.1) is 6.92 Å². The zero-order valence-corrected chi connectivity index (χ0v) is 19.8. The number of nitrogens with zero attached hydrogens (tertiary/aromatic N) is 2. The van der Waals surface area contributed by atoms with Gasteiger partial charge in [0.1, 0.15) is 24.3 Å². The second-order valence-corrected chi connectivity index (χ2v) is 9.08. The first-order valence-corrected chi connectivity index (χ1v) is 11.7. The molecule has 2 heterocycles. The van der Waals surface area contributed by atoms with Crippen LogP contribution < -0.4 is 9.04 Å². The van der Waals surface area contributed by atoms with E-state index in [1.165, 1.54) is 36.4 Å². The van der Waals surface area contributed by atoms with E-state index in [0.717, 1.165) is 30.7 Å². The lowest BCUT2D eigenvalue weighted by molar-refractivity contribution is 0.0600. The van der Waals surface area contributed by atoms with Crippen molar-refractivity contribution in [1.29, 1.82) is 0 Å². The number of pyridine rings is 1. The van der Waals surface area contributed by atoms with E-state index in [4.69, 9.17) is 13.9 Å². The number of aryl methyl sites for hydroxylation is 3. The maximum absolute atomic E-state index is 14.2. The summed E-state index contributed by atoms with van der Waals surface area (Å²) in [5, 5.41) is 0.694. The second-order valence-electron chi connectivity index (χ2n) is 8.06. The lowest BCUT2D eigenvalue weighted by Crippen LogP contribution is -2.23. The van der Waals surface area contributed by atoms with Gasteiger partial charge in [-0.05, 0) is 80.6 Å². The van der Waals surface area contributed by atoms with Gasteiger partial charge in [-0.25, -0.2) is 9.18 Å². The Morgan fingerprint density at radius 3 is 2.67 bits per heavy atom. The van der Waals surface area contributed by atoms with E-state index in [0.29, 0.717) is 22.1 Å². The number of carbonyl (C=O) groups is 1. The number of hydrogen-bond acceptors (Lipinski definition) is 7. The summed E-state index contributed by atoms with van der Waals surface area (Å²) in [5.41, 5.74) is 4.40. The second kappa shape index (κ2) is 10.3. The normalized spacial score (nSPS) is 13.5. The number of aromatic nitrogens is 1. The highest BCUT2D eigenvalue weighted by molar-refractivity contribution is 8.00. The first-order chi connectivity index (χ1) is 15.9. The Morgan fingerprint density at radius 2 is 2.03 bits per heavy atom. The summed E-state index contributed by atoms with van der Waals surface area (Å²) in [6.07, 6.45) is 3.53. The number of anilines is 1. The first kappa shape index (κ1) is 23.2. The monoisotopic (exact) mass is 470 g/mol. The number of rotatable bonds is 9. The molecule has 0 bridgehead atoms. The van der Waals surface area contributed by atoms with Crippen molar-refractivity contribution in [1.82, 2.24) is 4.98 Å². The highest BCUT2D eigenvalue weighted by Crippen LogP contribution is 2.41. The largest absolute Gasteiger partial charge is 0.485 e. The summed E-state index contributed by atoms with van der Waals surface area (Å²) in [4.78, 5) is 15.9. The first-order valence-electron chi connectivity index (χ1n) is 10.9. The predicted molar refractivity (Wildman–Crippen MR) is 126 cm³/mol. The van der Waals surface area contributed by atoms with Gasteiger partial charge in [0.15, 0.2) is 5.09 Å². The van der Waals surface area contributed by atoms with Crippen LogP contribution in [0.3, 0.4) is 0 Å². The van der Waals surface area contributed by atoms with E-state index in [1.54, 1.807) is 19.1 Å². The molecule has 0 saturated carbocycles. The van der Waals surface area contributed by atoms with Crippen molar-refractivity contribution in [2.45, 2.75) is 51.0 Å². The lowest BCUT2D eigenvalue weighted by atomic mass is 10.1. The summed E-state index contributed by atoms with van der Waals surface area (Å²) in [7, 11) is 1.33. The number of carbonyl (C=O) groups excluding carboxylic acids is 1. The highest BCUT2D eigenvalue weighted by Gasteiger charge is 2.23. The Balaban J connectivity index is 1.60. The predicted octanol–water partition coefficient (Wildman–Crippen LogP) is 5.71. The summed E-state index contributed by atoms with van der Waals surface area (Å²) >= 11 is 1.36. The summed E-state index contributed by atoms with van der Waals surface area (Å²) < 4.78 is 32.7. The zero-order chi connectivity index (χ0) is 23.4. The molecule has 0 fully saturated rings. The Bertz CT molecular complexity index is 1110. The minimum Gasteiger partial charge on any atom is -0.485 e. The molecule has 8 heteroatoms. The molecule has 1 aliphatic rings.